The average Bonchev–Trinajstić information content (AvgIpc) is 2.98. The van der Waals surface area contributed by atoms with Crippen molar-refractivity contribution < 1.29 is 9.53 Å². The van der Waals surface area contributed by atoms with Gasteiger partial charge in [-0.15, -0.1) is 0 Å². The van der Waals surface area contributed by atoms with E-state index in [4.69, 9.17) is 4.74 Å². The zero-order valence-electron chi connectivity index (χ0n) is 25.8. The van der Waals surface area contributed by atoms with Crippen molar-refractivity contribution in [1.29, 1.82) is 0 Å². The molecule has 0 aliphatic rings. The zero-order valence-corrected chi connectivity index (χ0v) is 25.8. The van der Waals surface area contributed by atoms with E-state index in [0.29, 0.717) is 13.0 Å². The number of amides is 1. The molecule has 40 heavy (non-hydrogen) atoms. The van der Waals surface area contributed by atoms with Gasteiger partial charge in [0.2, 0.25) is 5.91 Å². The zero-order chi connectivity index (χ0) is 28.4. The van der Waals surface area contributed by atoms with Gasteiger partial charge in [0.05, 0.1) is 12.3 Å². The van der Waals surface area contributed by atoms with E-state index in [1.54, 1.807) is 0 Å². The lowest BCUT2D eigenvalue weighted by atomic mass is 10.0. The number of hydrogen-bond donors (Lipinski definition) is 1. The molecule has 2 rings (SSSR count). The van der Waals surface area contributed by atoms with Crippen molar-refractivity contribution in [1.82, 2.24) is 0 Å². The molecule has 0 radical (unpaired) electrons. The summed E-state index contributed by atoms with van der Waals surface area (Å²) in [5, 5.41) is 3.06. The van der Waals surface area contributed by atoms with Crippen LogP contribution >= 0.6 is 0 Å². The van der Waals surface area contributed by atoms with Gasteiger partial charge in [0, 0.05) is 6.42 Å². The van der Waals surface area contributed by atoms with Gasteiger partial charge in [0.15, 0.2) is 0 Å². The van der Waals surface area contributed by atoms with Crippen LogP contribution < -0.4 is 10.1 Å². The van der Waals surface area contributed by atoms with Crippen molar-refractivity contribution in [2.45, 2.75) is 148 Å². The maximum Gasteiger partial charge on any atom is 0.224 e. The van der Waals surface area contributed by atoms with Gasteiger partial charge < -0.3 is 10.1 Å². The molecule has 1 amide bonds. The van der Waals surface area contributed by atoms with E-state index in [-0.39, 0.29) is 5.91 Å². The van der Waals surface area contributed by atoms with Crippen LogP contribution in [0.5, 0.6) is 5.75 Å². The third-order valence-corrected chi connectivity index (χ3v) is 7.88. The first-order chi connectivity index (χ1) is 19.8. The summed E-state index contributed by atoms with van der Waals surface area (Å²) >= 11 is 0. The van der Waals surface area contributed by atoms with E-state index in [1.165, 1.54) is 115 Å². The molecule has 0 atom stereocenters. The van der Waals surface area contributed by atoms with E-state index in [0.717, 1.165) is 37.1 Å². The predicted octanol–water partition coefficient (Wildman–Crippen LogP) is 11.5. The van der Waals surface area contributed by atoms with E-state index in [1.807, 2.05) is 30.3 Å². The fraction of sp³-hybridized carbons (Fsp3) is 0.649. The van der Waals surface area contributed by atoms with Gasteiger partial charge in [-0.3, -0.25) is 4.79 Å². The molecule has 0 saturated carbocycles. The predicted molar refractivity (Wildman–Crippen MR) is 173 cm³/mol. The molecule has 0 aliphatic heterocycles. The summed E-state index contributed by atoms with van der Waals surface area (Å²) in [6.45, 7) is 2.93. The minimum atomic E-state index is 0.0901. The highest BCUT2D eigenvalue weighted by Gasteiger charge is 2.08. The lowest BCUT2D eigenvalue weighted by Crippen LogP contribution is -2.12. The molecule has 0 heterocycles. The number of nitrogens with one attached hydrogen (secondary N) is 1. The highest BCUT2D eigenvalue weighted by Crippen LogP contribution is 2.24. The van der Waals surface area contributed by atoms with Crippen LogP contribution in [0.25, 0.3) is 0 Å². The molecule has 2 aromatic rings. The Morgan fingerprint density at radius 3 is 1.60 bits per heavy atom. The van der Waals surface area contributed by atoms with Gasteiger partial charge in [-0.2, -0.15) is 0 Å². The maximum atomic E-state index is 12.5. The van der Waals surface area contributed by atoms with Gasteiger partial charge in [-0.05, 0) is 37.0 Å². The third kappa shape index (κ3) is 18.1. The second kappa shape index (κ2) is 24.5. The van der Waals surface area contributed by atoms with Crippen LogP contribution in [0.15, 0.2) is 54.6 Å². The van der Waals surface area contributed by atoms with Gasteiger partial charge in [-0.1, -0.05) is 165 Å². The van der Waals surface area contributed by atoms with Crippen molar-refractivity contribution in [2.24, 2.45) is 0 Å². The lowest BCUT2D eigenvalue weighted by Gasteiger charge is -2.12. The van der Waals surface area contributed by atoms with Crippen LogP contribution in [0.1, 0.15) is 147 Å². The van der Waals surface area contributed by atoms with Crippen LogP contribution in [-0.2, 0) is 11.2 Å². The molecule has 3 nitrogen and oxygen atoms in total. The molecular formula is C37H59NO2. The quantitative estimate of drug-likeness (QED) is 0.118. The number of carbonyl (C=O) groups excluding carboxylic acids is 1. The molecule has 0 spiro atoms. The molecule has 2 aromatic carbocycles. The Morgan fingerprint density at radius 2 is 1.05 bits per heavy atom. The van der Waals surface area contributed by atoms with Gasteiger partial charge in [0.25, 0.3) is 0 Å². The molecule has 0 fully saturated rings. The van der Waals surface area contributed by atoms with E-state index in [2.05, 4.69) is 36.5 Å². The fourth-order valence-electron chi connectivity index (χ4n) is 5.38. The summed E-state index contributed by atoms with van der Waals surface area (Å²) in [5.74, 6) is 0.851. The first-order valence-electron chi connectivity index (χ1n) is 16.8. The fourth-order valence-corrected chi connectivity index (χ4v) is 5.38. The van der Waals surface area contributed by atoms with Gasteiger partial charge in [-0.25, -0.2) is 0 Å². The maximum absolute atomic E-state index is 12.5. The van der Waals surface area contributed by atoms with Crippen LogP contribution in [0.4, 0.5) is 5.69 Å². The molecular weight excluding hydrogens is 490 g/mol. The van der Waals surface area contributed by atoms with E-state index >= 15 is 0 Å². The first kappa shape index (κ1) is 33.9. The lowest BCUT2D eigenvalue weighted by molar-refractivity contribution is -0.116. The van der Waals surface area contributed by atoms with Crippen LogP contribution in [0.3, 0.4) is 0 Å². The molecule has 0 bridgehead atoms. The monoisotopic (exact) mass is 549 g/mol. The number of aryl methyl sites for hydroxylation is 1. The van der Waals surface area contributed by atoms with E-state index < -0.39 is 0 Å². The Kier molecular flexibility index (Phi) is 20.8. The van der Waals surface area contributed by atoms with Gasteiger partial charge >= 0.3 is 0 Å². The Labute approximate surface area is 246 Å². The number of ether oxygens (including phenoxy) is 1. The number of anilines is 1. The summed E-state index contributed by atoms with van der Waals surface area (Å²) in [7, 11) is 0. The Hall–Kier alpha value is -2.29. The molecule has 1 N–H and O–H groups in total. The molecule has 0 unspecified atom stereocenters. The standard InChI is InChI=1S/C37H59NO2/c1-2-3-4-5-6-7-8-9-10-11-12-13-14-15-16-17-18-19-23-32-37(39)38-35-30-24-25-31-36(35)40-33-26-29-34-27-21-20-22-28-34/h20-22,24-25,27-28,30-31H,2-19,23,26,29,32-33H2,1H3,(H,38,39). The van der Waals surface area contributed by atoms with Crippen LogP contribution in [0, 0.1) is 0 Å². The summed E-state index contributed by atoms with van der Waals surface area (Å²) in [4.78, 5) is 12.5. The smallest absolute Gasteiger partial charge is 0.224 e. The van der Waals surface area contributed by atoms with Crippen molar-refractivity contribution in [3.05, 3.63) is 60.2 Å². The topological polar surface area (TPSA) is 38.3 Å². The Morgan fingerprint density at radius 1 is 0.575 bits per heavy atom. The van der Waals surface area contributed by atoms with Crippen molar-refractivity contribution in [3.63, 3.8) is 0 Å². The number of carbonyl (C=O) groups is 1. The second-order valence-electron chi connectivity index (χ2n) is 11.6. The number of hydrogen-bond acceptors (Lipinski definition) is 2. The average molecular weight is 550 g/mol. The summed E-state index contributed by atoms with van der Waals surface area (Å²) in [5.41, 5.74) is 2.11. The highest BCUT2D eigenvalue weighted by atomic mass is 16.5. The Bertz CT molecular complexity index is 850. The highest BCUT2D eigenvalue weighted by molar-refractivity contribution is 5.92. The summed E-state index contributed by atoms with van der Waals surface area (Å²) in [6.07, 6.45) is 28.5. The minimum Gasteiger partial charge on any atom is -0.491 e. The molecule has 0 saturated heterocycles. The van der Waals surface area contributed by atoms with Crippen molar-refractivity contribution in [2.75, 3.05) is 11.9 Å². The number of benzene rings is 2. The first-order valence-corrected chi connectivity index (χ1v) is 16.8. The summed E-state index contributed by atoms with van der Waals surface area (Å²) < 4.78 is 5.99. The number of unbranched alkanes of at least 4 members (excludes halogenated alkanes) is 18. The SMILES string of the molecule is CCCCCCCCCCCCCCCCCCCCCC(=O)Nc1ccccc1OCCCc1ccccc1. The minimum absolute atomic E-state index is 0.0901. The van der Waals surface area contributed by atoms with Crippen LogP contribution in [0.2, 0.25) is 0 Å². The normalized spacial score (nSPS) is 11.0. The third-order valence-electron chi connectivity index (χ3n) is 7.88. The molecule has 3 heteroatoms. The number of rotatable bonds is 26. The van der Waals surface area contributed by atoms with E-state index in [9.17, 15) is 4.79 Å². The Balaban J connectivity index is 1.38. The largest absolute Gasteiger partial charge is 0.491 e. The molecule has 0 aliphatic carbocycles. The van der Waals surface area contributed by atoms with Crippen molar-refractivity contribution >= 4 is 11.6 Å². The number of para-hydroxylation sites is 2. The molecule has 224 valence electrons. The second-order valence-corrected chi connectivity index (χ2v) is 11.6. The van der Waals surface area contributed by atoms with Gasteiger partial charge in [0.1, 0.15) is 5.75 Å². The van der Waals surface area contributed by atoms with Crippen molar-refractivity contribution in [3.8, 4) is 5.75 Å². The van der Waals surface area contributed by atoms with Crippen LogP contribution in [-0.4, -0.2) is 12.5 Å². The molecule has 0 aromatic heterocycles. The summed E-state index contributed by atoms with van der Waals surface area (Å²) in [6, 6.07) is 18.3.